The second kappa shape index (κ2) is 6.78. The lowest BCUT2D eigenvalue weighted by Crippen LogP contribution is -2.22. The van der Waals surface area contributed by atoms with Gasteiger partial charge in [-0.05, 0) is 30.2 Å². The van der Waals surface area contributed by atoms with Crippen LogP contribution in [0.1, 0.15) is 49.0 Å². The van der Waals surface area contributed by atoms with E-state index in [0.29, 0.717) is 5.92 Å². The lowest BCUT2D eigenvalue weighted by Gasteiger charge is -2.17. The molecular weight excluding hydrogens is 339 g/mol. The predicted octanol–water partition coefficient (Wildman–Crippen LogP) is 4.87. The van der Waals surface area contributed by atoms with E-state index in [0.717, 1.165) is 27.3 Å². The third-order valence-electron chi connectivity index (χ3n) is 3.06. The fourth-order valence-corrected chi connectivity index (χ4v) is 3.62. The molecule has 0 radical (unpaired) electrons. The van der Waals surface area contributed by atoms with Gasteiger partial charge in [-0.15, -0.1) is 11.3 Å². The Bertz CT molecular complexity index is 583. The molecule has 0 fully saturated rings. The molecule has 1 heterocycles. The molecule has 1 aromatic heterocycles. The van der Waals surface area contributed by atoms with Crippen molar-refractivity contribution >= 4 is 27.3 Å². The topological polar surface area (TPSA) is 24.9 Å². The van der Waals surface area contributed by atoms with E-state index in [1.54, 1.807) is 11.3 Å². The van der Waals surface area contributed by atoms with Gasteiger partial charge < -0.3 is 5.32 Å². The van der Waals surface area contributed by atoms with Crippen LogP contribution in [0.25, 0.3) is 0 Å². The Hall–Kier alpha value is -0.780. The van der Waals surface area contributed by atoms with E-state index in [4.69, 9.17) is 4.98 Å². The molecule has 0 amide bonds. The number of halogens is 2. The number of nitrogens with one attached hydrogen (secondary N) is 1. The monoisotopic (exact) mass is 356 g/mol. The molecule has 0 aliphatic heterocycles. The van der Waals surface area contributed by atoms with Crippen molar-refractivity contribution in [2.45, 2.75) is 32.7 Å². The quantitative estimate of drug-likeness (QED) is 0.826. The highest BCUT2D eigenvalue weighted by molar-refractivity contribution is 9.10. The van der Waals surface area contributed by atoms with Crippen molar-refractivity contribution in [1.82, 2.24) is 10.3 Å². The van der Waals surface area contributed by atoms with Gasteiger partial charge in [-0.1, -0.05) is 42.8 Å². The summed E-state index contributed by atoms with van der Waals surface area (Å²) in [5, 5.41) is 6.54. The van der Waals surface area contributed by atoms with Crippen molar-refractivity contribution in [1.29, 1.82) is 0 Å². The molecular formula is C15H18BrFN2S. The SMILES string of the molecule is CCNC(c1nc(C(C)C)cs1)c1ccc(F)cc1Br. The van der Waals surface area contributed by atoms with Crippen LogP contribution in [0.5, 0.6) is 0 Å². The fraction of sp³-hybridized carbons (Fsp3) is 0.400. The Labute approximate surface area is 131 Å². The zero-order valence-electron chi connectivity index (χ0n) is 11.8. The van der Waals surface area contributed by atoms with Crippen LogP contribution in [-0.2, 0) is 0 Å². The van der Waals surface area contributed by atoms with E-state index in [2.05, 4.69) is 47.4 Å². The van der Waals surface area contributed by atoms with E-state index in [1.165, 1.54) is 12.1 Å². The number of rotatable bonds is 5. The average Bonchev–Trinajstić information content (AvgIpc) is 2.86. The summed E-state index contributed by atoms with van der Waals surface area (Å²) in [6.07, 6.45) is 0. The van der Waals surface area contributed by atoms with Gasteiger partial charge in [0.2, 0.25) is 0 Å². The highest BCUT2D eigenvalue weighted by Crippen LogP contribution is 2.32. The second-order valence-electron chi connectivity index (χ2n) is 4.92. The molecule has 0 bridgehead atoms. The maximum absolute atomic E-state index is 13.2. The van der Waals surface area contributed by atoms with Gasteiger partial charge in [0.15, 0.2) is 0 Å². The number of aromatic nitrogens is 1. The van der Waals surface area contributed by atoms with Crippen molar-refractivity contribution in [3.05, 3.63) is 50.1 Å². The standard InChI is InChI=1S/C15H18BrFN2S/c1-4-18-14(11-6-5-10(17)7-12(11)16)15-19-13(8-20-15)9(2)3/h5-9,14,18H,4H2,1-3H3. The van der Waals surface area contributed by atoms with E-state index in [-0.39, 0.29) is 11.9 Å². The van der Waals surface area contributed by atoms with Crippen molar-refractivity contribution in [3.63, 3.8) is 0 Å². The van der Waals surface area contributed by atoms with Gasteiger partial charge >= 0.3 is 0 Å². The third kappa shape index (κ3) is 3.45. The zero-order valence-corrected chi connectivity index (χ0v) is 14.2. The molecule has 0 aliphatic rings. The summed E-state index contributed by atoms with van der Waals surface area (Å²) in [6.45, 7) is 7.15. The van der Waals surface area contributed by atoms with Crippen LogP contribution in [0, 0.1) is 5.82 Å². The maximum atomic E-state index is 13.2. The van der Waals surface area contributed by atoms with Crippen LogP contribution in [0.15, 0.2) is 28.1 Å². The van der Waals surface area contributed by atoms with E-state index in [9.17, 15) is 4.39 Å². The molecule has 20 heavy (non-hydrogen) atoms. The van der Waals surface area contributed by atoms with Crippen molar-refractivity contribution in [2.24, 2.45) is 0 Å². The Morgan fingerprint density at radius 1 is 1.40 bits per heavy atom. The number of thiazole rings is 1. The molecule has 1 N–H and O–H groups in total. The van der Waals surface area contributed by atoms with Crippen LogP contribution >= 0.6 is 27.3 Å². The van der Waals surface area contributed by atoms with E-state index < -0.39 is 0 Å². The maximum Gasteiger partial charge on any atom is 0.124 e. The van der Waals surface area contributed by atoms with Gasteiger partial charge in [-0.3, -0.25) is 0 Å². The molecule has 0 aliphatic carbocycles. The van der Waals surface area contributed by atoms with Gasteiger partial charge in [-0.25, -0.2) is 9.37 Å². The summed E-state index contributed by atoms with van der Waals surface area (Å²) in [6, 6.07) is 4.79. The van der Waals surface area contributed by atoms with Crippen molar-refractivity contribution in [2.75, 3.05) is 6.54 Å². The van der Waals surface area contributed by atoms with Crippen LogP contribution in [0.2, 0.25) is 0 Å². The number of hydrogen-bond acceptors (Lipinski definition) is 3. The van der Waals surface area contributed by atoms with Gasteiger partial charge in [0.1, 0.15) is 10.8 Å². The highest BCUT2D eigenvalue weighted by atomic mass is 79.9. The molecule has 2 nitrogen and oxygen atoms in total. The molecule has 0 saturated carbocycles. The normalized spacial score (nSPS) is 12.9. The molecule has 0 spiro atoms. The number of benzene rings is 1. The number of nitrogens with zero attached hydrogens (tertiary/aromatic N) is 1. The molecule has 1 aromatic carbocycles. The first-order chi connectivity index (χ1) is 9.52. The van der Waals surface area contributed by atoms with E-state index in [1.807, 2.05) is 6.07 Å². The van der Waals surface area contributed by atoms with Gasteiger partial charge in [-0.2, -0.15) is 0 Å². The van der Waals surface area contributed by atoms with Crippen LogP contribution in [0.3, 0.4) is 0 Å². The Balaban J connectivity index is 2.39. The second-order valence-corrected chi connectivity index (χ2v) is 6.67. The smallest absolute Gasteiger partial charge is 0.124 e. The summed E-state index contributed by atoms with van der Waals surface area (Å²) in [5.74, 6) is 0.178. The minimum Gasteiger partial charge on any atom is -0.305 e. The Kier molecular flexibility index (Phi) is 5.29. The zero-order chi connectivity index (χ0) is 14.7. The minimum absolute atomic E-state index is 0.00697. The average molecular weight is 357 g/mol. The summed E-state index contributed by atoms with van der Waals surface area (Å²) in [7, 11) is 0. The molecule has 2 rings (SSSR count). The van der Waals surface area contributed by atoms with Crippen molar-refractivity contribution in [3.8, 4) is 0 Å². The summed E-state index contributed by atoms with van der Waals surface area (Å²) in [4.78, 5) is 4.71. The molecule has 0 saturated heterocycles. The highest BCUT2D eigenvalue weighted by Gasteiger charge is 2.20. The van der Waals surface area contributed by atoms with Crippen LogP contribution in [-0.4, -0.2) is 11.5 Å². The fourth-order valence-electron chi connectivity index (χ4n) is 1.97. The summed E-state index contributed by atoms with van der Waals surface area (Å²) < 4.78 is 14.0. The Morgan fingerprint density at radius 3 is 2.70 bits per heavy atom. The molecule has 5 heteroatoms. The molecule has 108 valence electrons. The molecule has 2 aromatic rings. The lowest BCUT2D eigenvalue weighted by molar-refractivity contribution is 0.607. The van der Waals surface area contributed by atoms with Gasteiger partial charge in [0.05, 0.1) is 11.7 Å². The number of hydrogen-bond donors (Lipinski definition) is 1. The summed E-state index contributed by atoms with van der Waals surface area (Å²) in [5.41, 5.74) is 2.11. The van der Waals surface area contributed by atoms with Crippen LogP contribution in [0.4, 0.5) is 4.39 Å². The minimum atomic E-state index is -0.238. The van der Waals surface area contributed by atoms with Crippen molar-refractivity contribution < 1.29 is 4.39 Å². The molecule has 1 atom stereocenters. The molecule has 1 unspecified atom stereocenters. The third-order valence-corrected chi connectivity index (χ3v) is 4.67. The Morgan fingerprint density at radius 2 is 2.15 bits per heavy atom. The van der Waals surface area contributed by atoms with E-state index >= 15 is 0 Å². The summed E-state index contributed by atoms with van der Waals surface area (Å²) >= 11 is 5.09. The largest absolute Gasteiger partial charge is 0.305 e. The lowest BCUT2D eigenvalue weighted by atomic mass is 10.1. The van der Waals surface area contributed by atoms with Gasteiger partial charge in [0, 0.05) is 9.85 Å². The first kappa shape index (κ1) is 15.6. The van der Waals surface area contributed by atoms with Gasteiger partial charge in [0.25, 0.3) is 0 Å². The predicted molar refractivity (Wildman–Crippen MR) is 85.8 cm³/mol. The first-order valence-corrected chi connectivity index (χ1v) is 8.33. The first-order valence-electron chi connectivity index (χ1n) is 6.66. The van der Waals surface area contributed by atoms with Crippen LogP contribution < -0.4 is 5.32 Å².